The average molecular weight is 401 g/mol. The van der Waals surface area contributed by atoms with Crippen molar-refractivity contribution in [2.24, 2.45) is 0 Å². The number of ether oxygens (including phenoxy) is 1. The molecule has 0 bridgehead atoms. The van der Waals surface area contributed by atoms with Gasteiger partial charge in [-0.05, 0) is 30.3 Å². The normalized spacial score (nSPS) is 11.0. The van der Waals surface area contributed by atoms with Crippen molar-refractivity contribution in [3.05, 3.63) is 59.1 Å². The SMILES string of the molecule is CN(CC(=O)Nc1ccc(Cl)c(C(F)(F)F)c1)C(=O)COc1ccccc1. The van der Waals surface area contributed by atoms with Crippen LogP contribution >= 0.6 is 11.6 Å². The van der Waals surface area contributed by atoms with Gasteiger partial charge in [0, 0.05) is 12.7 Å². The highest BCUT2D eigenvalue weighted by molar-refractivity contribution is 6.31. The topological polar surface area (TPSA) is 58.6 Å². The third kappa shape index (κ3) is 6.18. The lowest BCUT2D eigenvalue weighted by atomic mass is 10.2. The lowest BCUT2D eigenvalue weighted by Crippen LogP contribution is -2.37. The Balaban J connectivity index is 1.90. The van der Waals surface area contributed by atoms with Crippen LogP contribution in [0.4, 0.5) is 18.9 Å². The van der Waals surface area contributed by atoms with Gasteiger partial charge in [-0.3, -0.25) is 9.59 Å². The average Bonchev–Trinajstić information content (AvgIpc) is 2.61. The van der Waals surface area contributed by atoms with Gasteiger partial charge in [-0.25, -0.2) is 0 Å². The summed E-state index contributed by atoms with van der Waals surface area (Å²) < 4.78 is 43.8. The van der Waals surface area contributed by atoms with E-state index in [1.165, 1.54) is 13.1 Å². The van der Waals surface area contributed by atoms with E-state index in [2.05, 4.69) is 5.32 Å². The van der Waals surface area contributed by atoms with Crippen LogP contribution in [0.25, 0.3) is 0 Å². The van der Waals surface area contributed by atoms with Crippen LogP contribution in [-0.4, -0.2) is 36.9 Å². The van der Waals surface area contributed by atoms with Crippen molar-refractivity contribution < 1.29 is 27.5 Å². The first kappa shape index (κ1) is 20.6. The zero-order valence-corrected chi connectivity index (χ0v) is 15.0. The lowest BCUT2D eigenvalue weighted by Gasteiger charge is -2.17. The predicted molar refractivity (Wildman–Crippen MR) is 94.7 cm³/mol. The molecule has 0 heterocycles. The van der Waals surface area contributed by atoms with Gasteiger partial charge in [0.05, 0.1) is 17.1 Å². The minimum Gasteiger partial charge on any atom is -0.484 e. The molecule has 0 aromatic heterocycles. The number of anilines is 1. The van der Waals surface area contributed by atoms with Gasteiger partial charge in [0.15, 0.2) is 6.61 Å². The summed E-state index contributed by atoms with van der Waals surface area (Å²) in [5.74, 6) is -0.605. The molecule has 0 radical (unpaired) electrons. The maximum atomic E-state index is 12.8. The number of hydrogen-bond donors (Lipinski definition) is 1. The van der Waals surface area contributed by atoms with Crippen LogP contribution in [0.1, 0.15) is 5.56 Å². The first-order valence-corrected chi connectivity index (χ1v) is 8.13. The molecule has 0 atom stereocenters. The molecule has 2 rings (SSSR count). The molecular formula is C18H16ClF3N2O3. The van der Waals surface area contributed by atoms with E-state index >= 15 is 0 Å². The predicted octanol–water partition coefficient (Wildman–Crippen LogP) is 3.83. The summed E-state index contributed by atoms with van der Waals surface area (Å²) in [6.45, 7) is -0.617. The molecule has 0 aliphatic carbocycles. The van der Waals surface area contributed by atoms with Crippen molar-refractivity contribution in [2.45, 2.75) is 6.18 Å². The van der Waals surface area contributed by atoms with Crippen LogP contribution in [0.5, 0.6) is 5.75 Å². The summed E-state index contributed by atoms with van der Waals surface area (Å²) in [7, 11) is 1.39. The molecule has 2 aromatic rings. The van der Waals surface area contributed by atoms with Gasteiger partial charge < -0.3 is 15.0 Å². The maximum Gasteiger partial charge on any atom is 0.417 e. The standard InChI is InChI=1S/C18H16ClF3N2O3/c1-24(17(26)11-27-13-5-3-2-4-6-13)10-16(25)23-12-7-8-15(19)14(9-12)18(20,21)22/h2-9H,10-11H2,1H3,(H,23,25). The molecule has 144 valence electrons. The van der Waals surface area contributed by atoms with Crippen molar-refractivity contribution in [3.63, 3.8) is 0 Å². The number of alkyl halides is 3. The fourth-order valence-corrected chi connectivity index (χ4v) is 2.32. The Morgan fingerprint density at radius 3 is 2.44 bits per heavy atom. The first-order chi connectivity index (χ1) is 12.7. The van der Waals surface area contributed by atoms with Gasteiger partial charge in [-0.15, -0.1) is 0 Å². The van der Waals surface area contributed by atoms with Gasteiger partial charge in [-0.2, -0.15) is 13.2 Å². The van der Waals surface area contributed by atoms with Crippen molar-refractivity contribution in [2.75, 3.05) is 25.5 Å². The summed E-state index contributed by atoms with van der Waals surface area (Å²) in [6.07, 6.45) is -4.64. The number of nitrogens with zero attached hydrogens (tertiary/aromatic N) is 1. The van der Waals surface area contributed by atoms with Crippen LogP contribution < -0.4 is 10.1 Å². The van der Waals surface area contributed by atoms with E-state index in [9.17, 15) is 22.8 Å². The van der Waals surface area contributed by atoms with E-state index in [4.69, 9.17) is 16.3 Å². The highest BCUT2D eigenvalue weighted by Crippen LogP contribution is 2.36. The van der Waals surface area contributed by atoms with Gasteiger partial charge in [-0.1, -0.05) is 29.8 Å². The number of hydrogen-bond acceptors (Lipinski definition) is 3. The molecule has 5 nitrogen and oxygen atoms in total. The number of likely N-dealkylation sites (N-methyl/N-ethyl adjacent to an activating group) is 1. The third-order valence-corrected chi connectivity index (χ3v) is 3.80. The van der Waals surface area contributed by atoms with Crippen LogP contribution in [0, 0.1) is 0 Å². The van der Waals surface area contributed by atoms with Crippen molar-refractivity contribution in [1.82, 2.24) is 4.90 Å². The molecule has 0 spiro atoms. The number of nitrogens with one attached hydrogen (secondary N) is 1. The number of carbonyl (C=O) groups excluding carboxylic acids is 2. The second kappa shape index (κ2) is 8.77. The molecular weight excluding hydrogens is 385 g/mol. The third-order valence-electron chi connectivity index (χ3n) is 3.47. The fourth-order valence-electron chi connectivity index (χ4n) is 2.10. The van der Waals surface area contributed by atoms with Crippen LogP contribution in [0.15, 0.2) is 48.5 Å². The highest BCUT2D eigenvalue weighted by atomic mass is 35.5. The molecule has 0 aliphatic rings. The number of rotatable bonds is 6. The molecule has 0 aliphatic heterocycles. The molecule has 1 N–H and O–H groups in total. The van der Waals surface area contributed by atoms with Gasteiger partial charge in [0.25, 0.3) is 5.91 Å². The van der Waals surface area contributed by atoms with Crippen molar-refractivity contribution in [3.8, 4) is 5.75 Å². The number of halogens is 4. The molecule has 0 saturated carbocycles. The minimum absolute atomic E-state index is 0.0712. The van der Waals surface area contributed by atoms with Crippen LogP contribution in [0.3, 0.4) is 0 Å². The van der Waals surface area contributed by atoms with E-state index < -0.39 is 28.6 Å². The zero-order valence-electron chi connectivity index (χ0n) is 14.2. The smallest absolute Gasteiger partial charge is 0.417 e. The Morgan fingerprint density at radius 2 is 1.81 bits per heavy atom. The molecule has 0 saturated heterocycles. The van der Waals surface area contributed by atoms with Crippen LogP contribution in [-0.2, 0) is 15.8 Å². The van der Waals surface area contributed by atoms with E-state index in [0.717, 1.165) is 17.0 Å². The summed E-state index contributed by atoms with van der Waals surface area (Å²) in [6, 6.07) is 11.7. The van der Waals surface area contributed by atoms with E-state index in [-0.39, 0.29) is 18.8 Å². The molecule has 27 heavy (non-hydrogen) atoms. The Hall–Kier alpha value is -2.74. The monoisotopic (exact) mass is 400 g/mol. The molecule has 2 amide bonds. The highest BCUT2D eigenvalue weighted by Gasteiger charge is 2.33. The summed E-state index contributed by atoms with van der Waals surface area (Å²) >= 11 is 5.53. The lowest BCUT2D eigenvalue weighted by molar-refractivity contribution is -0.137. The van der Waals surface area contributed by atoms with Gasteiger partial charge in [0.2, 0.25) is 5.91 Å². The first-order valence-electron chi connectivity index (χ1n) is 7.75. The molecule has 2 aromatic carbocycles. The minimum atomic E-state index is -4.64. The largest absolute Gasteiger partial charge is 0.484 e. The second-order valence-electron chi connectivity index (χ2n) is 5.59. The number of carbonyl (C=O) groups is 2. The van der Waals surface area contributed by atoms with E-state index in [0.29, 0.717) is 5.75 Å². The molecule has 9 heteroatoms. The fraction of sp³-hybridized carbons (Fsp3) is 0.222. The summed E-state index contributed by atoms with van der Waals surface area (Å²) in [4.78, 5) is 25.1. The van der Waals surface area contributed by atoms with E-state index in [1.54, 1.807) is 30.3 Å². The van der Waals surface area contributed by atoms with Gasteiger partial charge >= 0.3 is 6.18 Å². The number of amides is 2. The van der Waals surface area contributed by atoms with Crippen molar-refractivity contribution >= 4 is 29.1 Å². The Morgan fingerprint density at radius 1 is 1.15 bits per heavy atom. The maximum absolute atomic E-state index is 12.8. The summed E-state index contributed by atoms with van der Waals surface area (Å²) in [5, 5.41) is 1.84. The number of para-hydroxylation sites is 1. The van der Waals surface area contributed by atoms with Crippen LogP contribution in [0.2, 0.25) is 5.02 Å². The van der Waals surface area contributed by atoms with Crippen molar-refractivity contribution in [1.29, 1.82) is 0 Å². The Kier molecular flexibility index (Phi) is 6.68. The summed E-state index contributed by atoms with van der Waals surface area (Å²) in [5.41, 5.74) is -1.12. The quantitative estimate of drug-likeness (QED) is 0.801. The molecule has 0 fully saturated rings. The Labute approximate surface area is 158 Å². The molecule has 0 unspecified atom stereocenters. The van der Waals surface area contributed by atoms with Gasteiger partial charge in [0.1, 0.15) is 5.75 Å². The zero-order chi connectivity index (χ0) is 20.0. The Bertz CT molecular complexity index is 813. The second-order valence-corrected chi connectivity index (χ2v) is 6.00. The van der Waals surface area contributed by atoms with E-state index in [1.807, 2.05) is 0 Å². The number of benzene rings is 2.